The smallest absolute Gasteiger partial charge is 0.0644 e. The van der Waals surface area contributed by atoms with Crippen LogP contribution in [0.15, 0.2) is 42.7 Å². The molecule has 3 nitrogen and oxygen atoms in total. The van der Waals surface area contributed by atoms with Crippen molar-refractivity contribution < 1.29 is 0 Å². The highest BCUT2D eigenvalue weighted by atomic mass is 15.3. The lowest BCUT2D eigenvalue weighted by Crippen LogP contribution is -2.31. The molecule has 1 saturated heterocycles. The van der Waals surface area contributed by atoms with E-state index in [0.29, 0.717) is 6.04 Å². The molecule has 17 heavy (non-hydrogen) atoms. The molecular weight excluding hydrogens is 210 g/mol. The molecule has 1 aromatic carbocycles. The molecular formula is C14H17N3. The third kappa shape index (κ3) is 2.24. The molecule has 0 amide bonds. The first-order valence-corrected chi connectivity index (χ1v) is 6.24. The summed E-state index contributed by atoms with van der Waals surface area (Å²) in [4.78, 5) is 0. The first-order chi connectivity index (χ1) is 8.43. The molecule has 88 valence electrons. The number of rotatable bonds is 2. The van der Waals surface area contributed by atoms with E-state index in [1.165, 1.54) is 24.0 Å². The van der Waals surface area contributed by atoms with E-state index in [4.69, 9.17) is 0 Å². The van der Waals surface area contributed by atoms with Crippen LogP contribution in [-0.2, 0) is 0 Å². The topological polar surface area (TPSA) is 29.9 Å². The first-order valence-electron chi connectivity index (χ1n) is 6.24. The normalized spacial score (nSPS) is 20.4. The van der Waals surface area contributed by atoms with Gasteiger partial charge in [-0.2, -0.15) is 5.10 Å². The Morgan fingerprint density at radius 1 is 1.18 bits per heavy atom. The number of hydrogen-bond acceptors (Lipinski definition) is 2. The number of piperidine rings is 1. The molecule has 0 saturated carbocycles. The van der Waals surface area contributed by atoms with Gasteiger partial charge in [0.1, 0.15) is 0 Å². The van der Waals surface area contributed by atoms with Crippen molar-refractivity contribution in [2.24, 2.45) is 0 Å². The molecule has 1 aromatic heterocycles. The summed E-state index contributed by atoms with van der Waals surface area (Å²) in [6.07, 6.45) is 6.59. The molecule has 1 fully saturated rings. The molecule has 0 radical (unpaired) electrons. The predicted molar refractivity (Wildman–Crippen MR) is 68.8 cm³/mol. The zero-order valence-corrected chi connectivity index (χ0v) is 9.84. The number of nitrogens with one attached hydrogen (secondary N) is 1. The molecule has 3 heteroatoms. The lowest BCUT2D eigenvalue weighted by atomic mass is 10.1. The molecule has 2 heterocycles. The van der Waals surface area contributed by atoms with Gasteiger partial charge in [0.25, 0.3) is 0 Å². The average Bonchev–Trinajstić information content (AvgIpc) is 2.90. The van der Waals surface area contributed by atoms with E-state index in [1.807, 2.05) is 12.3 Å². The predicted octanol–water partition coefficient (Wildman–Crippen LogP) is 2.47. The fourth-order valence-corrected chi connectivity index (χ4v) is 2.38. The Hall–Kier alpha value is -1.61. The highest BCUT2D eigenvalue weighted by Crippen LogP contribution is 2.21. The van der Waals surface area contributed by atoms with Crippen molar-refractivity contribution in [3.63, 3.8) is 0 Å². The Balaban J connectivity index is 1.83. The van der Waals surface area contributed by atoms with Gasteiger partial charge < -0.3 is 5.32 Å². The zero-order valence-electron chi connectivity index (χ0n) is 9.84. The molecule has 1 N–H and O–H groups in total. The molecule has 2 aromatic rings. The second-order valence-corrected chi connectivity index (χ2v) is 4.58. The van der Waals surface area contributed by atoms with Crippen LogP contribution in [0.3, 0.4) is 0 Å². The SMILES string of the molecule is c1ccc(-c2cnn(C3CCCNC3)c2)cc1. The zero-order chi connectivity index (χ0) is 11.5. The summed E-state index contributed by atoms with van der Waals surface area (Å²) in [5.41, 5.74) is 2.44. The van der Waals surface area contributed by atoms with Crippen LogP contribution in [0.5, 0.6) is 0 Å². The Morgan fingerprint density at radius 2 is 2.06 bits per heavy atom. The number of hydrogen-bond donors (Lipinski definition) is 1. The Morgan fingerprint density at radius 3 is 2.82 bits per heavy atom. The van der Waals surface area contributed by atoms with Crippen molar-refractivity contribution in [1.29, 1.82) is 0 Å². The summed E-state index contributed by atoms with van der Waals surface area (Å²) in [6.45, 7) is 2.18. The largest absolute Gasteiger partial charge is 0.315 e. The molecule has 0 spiro atoms. The van der Waals surface area contributed by atoms with Gasteiger partial charge in [-0.1, -0.05) is 30.3 Å². The van der Waals surface area contributed by atoms with E-state index in [-0.39, 0.29) is 0 Å². The highest BCUT2D eigenvalue weighted by molar-refractivity contribution is 5.61. The minimum absolute atomic E-state index is 0.515. The van der Waals surface area contributed by atoms with Crippen LogP contribution in [0.4, 0.5) is 0 Å². The summed E-state index contributed by atoms with van der Waals surface area (Å²) in [6, 6.07) is 10.9. The summed E-state index contributed by atoms with van der Waals surface area (Å²) in [5, 5.41) is 7.91. The van der Waals surface area contributed by atoms with Gasteiger partial charge in [0.15, 0.2) is 0 Å². The monoisotopic (exact) mass is 227 g/mol. The summed E-state index contributed by atoms with van der Waals surface area (Å²) < 4.78 is 2.11. The van der Waals surface area contributed by atoms with Crippen LogP contribution in [0.2, 0.25) is 0 Å². The molecule has 0 bridgehead atoms. The average molecular weight is 227 g/mol. The van der Waals surface area contributed by atoms with E-state index in [0.717, 1.165) is 13.1 Å². The van der Waals surface area contributed by atoms with Crippen LogP contribution >= 0.6 is 0 Å². The van der Waals surface area contributed by atoms with Crippen molar-refractivity contribution in [3.8, 4) is 11.1 Å². The minimum Gasteiger partial charge on any atom is -0.315 e. The van der Waals surface area contributed by atoms with Crippen molar-refractivity contribution in [1.82, 2.24) is 15.1 Å². The van der Waals surface area contributed by atoms with E-state index in [1.54, 1.807) is 0 Å². The van der Waals surface area contributed by atoms with Gasteiger partial charge >= 0.3 is 0 Å². The molecule has 1 aliphatic rings. The maximum atomic E-state index is 4.49. The number of nitrogens with zero attached hydrogens (tertiary/aromatic N) is 2. The van der Waals surface area contributed by atoms with Gasteiger partial charge in [0.05, 0.1) is 12.2 Å². The van der Waals surface area contributed by atoms with Gasteiger partial charge in [-0.15, -0.1) is 0 Å². The maximum absolute atomic E-state index is 4.49. The van der Waals surface area contributed by atoms with Gasteiger partial charge in [0.2, 0.25) is 0 Å². The third-order valence-electron chi connectivity index (χ3n) is 3.35. The molecule has 1 atom stereocenters. The van der Waals surface area contributed by atoms with Crippen LogP contribution in [-0.4, -0.2) is 22.9 Å². The van der Waals surface area contributed by atoms with E-state index < -0.39 is 0 Å². The lowest BCUT2D eigenvalue weighted by Gasteiger charge is -2.22. The van der Waals surface area contributed by atoms with Crippen LogP contribution in [0.25, 0.3) is 11.1 Å². The Labute approximate surface area is 101 Å². The fraction of sp³-hybridized carbons (Fsp3) is 0.357. The van der Waals surface area contributed by atoms with Gasteiger partial charge in [-0.3, -0.25) is 4.68 Å². The van der Waals surface area contributed by atoms with Crippen molar-refractivity contribution in [2.75, 3.05) is 13.1 Å². The van der Waals surface area contributed by atoms with Crippen LogP contribution < -0.4 is 5.32 Å². The Bertz CT molecular complexity index is 469. The highest BCUT2D eigenvalue weighted by Gasteiger charge is 2.15. The number of aromatic nitrogens is 2. The second kappa shape index (κ2) is 4.72. The lowest BCUT2D eigenvalue weighted by molar-refractivity contribution is 0.347. The minimum atomic E-state index is 0.515. The van der Waals surface area contributed by atoms with E-state index >= 15 is 0 Å². The second-order valence-electron chi connectivity index (χ2n) is 4.58. The summed E-state index contributed by atoms with van der Waals surface area (Å²) >= 11 is 0. The van der Waals surface area contributed by atoms with E-state index in [2.05, 4.69) is 45.6 Å². The molecule has 1 aliphatic heterocycles. The standard InChI is InChI=1S/C14H17N3/c1-2-5-12(6-3-1)13-9-16-17(11-13)14-7-4-8-15-10-14/h1-3,5-6,9,11,14-15H,4,7-8,10H2. The summed E-state index contributed by atoms with van der Waals surface area (Å²) in [5.74, 6) is 0. The van der Waals surface area contributed by atoms with Gasteiger partial charge in [-0.25, -0.2) is 0 Å². The quantitative estimate of drug-likeness (QED) is 0.854. The van der Waals surface area contributed by atoms with Crippen LogP contribution in [0, 0.1) is 0 Å². The fourth-order valence-electron chi connectivity index (χ4n) is 2.38. The molecule has 0 aliphatic carbocycles. The van der Waals surface area contributed by atoms with Crippen molar-refractivity contribution in [2.45, 2.75) is 18.9 Å². The maximum Gasteiger partial charge on any atom is 0.0644 e. The first kappa shape index (κ1) is 10.5. The van der Waals surface area contributed by atoms with Gasteiger partial charge in [-0.05, 0) is 24.9 Å². The Kier molecular flexibility index (Phi) is 2.92. The molecule has 1 unspecified atom stereocenters. The van der Waals surface area contributed by atoms with Crippen molar-refractivity contribution in [3.05, 3.63) is 42.7 Å². The van der Waals surface area contributed by atoms with Gasteiger partial charge in [0, 0.05) is 18.3 Å². The molecule has 3 rings (SSSR count). The number of benzene rings is 1. The summed E-state index contributed by atoms with van der Waals surface area (Å²) in [7, 11) is 0. The van der Waals surface area contributed by atoms with E-state index in [9.17, 15) is 0 Å². The third-order valence-corrected chi connectivity index (χ3v) is 3.35. The van der Waals surface area contributed by atoms with Crippen molar-refractivity contribution >= 4 is 0 Å². The van der Waals surface area contributed by atoms with Crippen LogP contribution in [0.1, 0.15) is 18.9 Å².